The highest BCUT2D eigenvalue weighted by molar-refractivity contribution is 9.10. The Morgan fingerprint density at radius 1 is 1.33 bits per heavy atom. The Labute approximate surface area is 166 Å². The molecule has 144 valence electrons. The molecule has 0 aliphatic carbocycles. The molecule has 3 unspecified atom stereocenters. The van der Waals surface area contributed by atoms with Gasteiger partial charge in [0.05, 0.1) is 11.1 Å². The van der Waals surface area contributed by atoms with Gasteiger partial charge in [0, 0.05) is 18.2 Å². The van der Waals surface area contributed by atoms with Gasteiger partial charge in [-0.1, -0.05) is 0 Å². The van der Waals surface area contributed by atoms with Crippen LogP contribution in [-0.2, 0) is 22.3 Å². The molecule has 1 aliphatic heterocycles. The molecule has 9 heteroatoms. The lowest BCUT2D eigenvalue weighted by atomic mass is 10.2. The second-order valence-corrected chi connectivity index (χ2v) is 8.53. The van der Waals surface area contributed by atoms with E-state index < -0.39 is 28.7 Å². The number of aromatic nitrogens is 1. The Kier molecular flexibility index (Phi) is 6.33. The Hall–Kier alpha value is -1.71. The summed E-state index contributed by atoms with van der Waals surface area (Å²) in [6.45, 7) is 1.90. The van der Waals surface area contributed by atoms with E-state index in [-0.39, 0.29) is 18.5 Å². The Morgan fingerprint density at radius 3 is 2.74 bits per heavy atom. The van der Waals surface area contributed by atoms with Crippen molar-refractivity contribution in [3.05, 3.63) is 58.3 Å². The molecule has 27 heavy (non-hydrogen) atoms. The second kappa shape index (κ2) is 8.53. The first-order chi connectivity index (χ1) is 12.9. The third-order valence-corrected chi connectivity index (χ3v) is 6.57. The van der Waals surface area contributed by atoms with Gasteiger partial charge in [0.25, 0.3) is 0 Å². The Balaban J connectivity index is 1.72. The van der Waals surface area contributed by atoms with Crippen LogP contribution in [-0.4, -0.2) is 31.5 Å². The van der Waals surface area contributed by atoms with Crippen LogP contribution in [0.25, 0.3) is 0 Å². The van der Waals surface area contributed by atoms with E-state index in [9.17, 15) is 17.8 Å². The van der Waals surface area contributed by atoms with Crippen LogP contribution in [0.4, 0.5) is 8.78 Å². The first-order valence-corrected chi connectivity index (χ1v) is 10.3. The maximum absolute atomic E-state index is 13.8. The number of nitrogens with one attached hydrogen (secondary N) is 1. The van der Waals surface area contributed by atoms with Crippen molar-refractivity contribution in [1.29, 1.82) is 0 Å². The van der Waals surface area contributed by atoms with Crippen LogP contribution < -0.4 is 5.32 Å². The number of amides is 1. The van der Waals surface area contributed by atoms with Crippen molar-refractivity contribution in [2.75, 3.05) is 0 Å². The number of halogens is 3. The predicted octanol–water partition coefficient (Wildman–Crippen LogP) is 3.31. The number of benzene rings is 1. The number of carbonyl (C=O) groups excluding carboxylic acids is 1. The van der Waals surface area contributed by atoms with E-state index in [0.717, 1.165) is 6.20 Å². The summed E-state index contributed by atoms with van der Waals surface area (Å²) in [4.78, 5) is 16.9. The summed E-state index contributed by atoms with van der Waals surface area (Å²) in [5, 5.41) is 2.71. The number of rotatable bonds is 5. The molecule has 2 aromatic rings. The molecule has 0 saturated carbocycles. The Morgan fingerprint density at radius 2 is 2.04 bits per heavy atom. The van der Waals surface area contributed by atoms with E-state index in [1.165, 1.54) is 30.3 Å². The van der Waals surface area contributed by atoms with Gasteiger partial charge in [-0.2, -0.15) is 0 Å². The highest BCUT2D eigenvalue weighted by Gasteiger charge is 2.39. The van der Waals surface area contributed by atoms with Gasteiger partial charge >= 0.3 is 0 Å². The second-order valence-electron chi connectivity index (χ2n) is 6.32. The number of hydrogen-bond acceptors (Lipinski definition) is 3. The van der Waals surface area contributed by atoms with Crippen LogP contribution >= 0.6 is 15.9 Å². The number of hydrogen-bond donors (Lipinski definition) is 1. The first-order valence-electron chi connectivity index (χ1n) is 8.40. The van der Waals surface area contributed by atoms with E-state index >= 15 is 0 Å². The van der Waals surface area contributed by atoms with Gasteiger partial charge in [-0.3, -0.25) is 4.79 Å². The standard InChI is InChI=1S/C18H18BrF2N3O2S/c1-11-2-7-16(24(11)27(26)14-5-3-13(20)4-6-14)18(25)23-9-12-8-17(19)22-10-15(12)21/h3-6,8,10-11,16H,2,7,9H2,1H3,(H,23,25). The van der Waals surface area contributed by atoms with Crippen LogP contribution in [0.3, 0.4) is 0 Å². The fourth-order valence-electron chi connectivity index (χ4n) is 3.05. The van der Waals surface area contributed by atoms with Gasteiger partial charge in [-0.25, -0.2) is 22.3 Å². The average Bonchev–Trinajstić information content (AvgIpc) is 3.04. The van der Waals surface area contributed by atoms with E-state index in [1.54, 1.807) is 4.31 Å². The van der Waals surface area contributed by atoms with E-state index in [1.807, 2.05) is 6.92 Å². The third-order valence-electron chi connectivity index (χ3n) is 4.46. The average molecular weight is 458 g/mol. The zero-order valence-corrected chi connectivity index (χ0v) is 16.9. The molecule has 1 aromatic carbocycles. The zero-order valence-electron chi connectivity index (χ0n) is 14.5. The number of pyridine rings is 1. The SMILES string of the molecule is CC1CCC(C(=O)NCc2cc(Br)ncc2F)N1S(=O)c1ccc(F)cc1. The van der Waals surface area contributed by atoms with Crippen molar-refractivity contribution in [1.82, 2.24) is 14.6 Å². The summed E-state index contributed by atoms with van der Waals surface area (Å²) in [7, 11) is -1.59. The van der Waals surface area contributed by atoms with Gasteiger partial charge in [0.15, 0.2) is 0 Å². The monoisotopic (exact) mass is 457 g/mol. The predicted molar refractivity (Wildman–Crippen MR) is 101 cm³/mol. The van der Waals surface area contributed by atoms with Gasteiger partial charge in [-0.05, 0) is 66.0 Å². The van der Waals surface area contributed by atoms with Crippen molar-refractivity contribution in [2.45, 2.75) is 43.3 Å². The van der Waals surface area contributed by atoms with Crippen molar-refractivity contribution in [2.24, 2.45) is 0 Å². The van der Waals surface area contributed by atoms with Gasteiger partial charge in [0.2, 0.25) is 5.91 Å². The highest BCUT2D eigenvalue weighted by atomic mass is 79.9. The molecule has 5 nitrogen and oxygen atoms in total. The molecule has 0 spiro atoms. The number of carbonyl (C=O) groups is 1. The van der Waals surface area contributed by atoms with Crippen LogP contribution in [0.15, 0.2) is 46.0 Å². The first kappa shape index (κ1) is 20.0. The van der Waals surface area contributed by atoms with Crippen molar-refractivity contribution in [3.8, 4) is 0 Å². The minimum absolute atomic E-state index is 0.00763. The molecule has 3 rings (SSSR count). The van der Waals surface area contributed by atoms with E-state index in [2.05, 4.69) is 26.2 Å². The fraction of sp³-hybridized carbons (Fsp3) is 0.333. The smallest absolute Gasteiger partial charge is 0.238 e. The molecule has 1 fully saturated rings. The largest absolute Gasteiger partial charge is 0.351 e. The minimum atomic E-state index is -1.59. The summed E-state index contributed by atoms with van der Waals surface area (Å²) >= 11 is 3.17. The van der Waals surface area contributed by atoms with Crippen LogP contribution in [0.5, 0.6) is 0 Å². The van der Waals surface area contributed by atoms with E-state index in [4.69, 9.17) is 0 Å². The molecule has 1 saturated heterocycles. The summed E-state index contributed by atoms with van der Waals surface area (Å²) in [5.41, 5.74) is 0.308. The van der Waals surface area contributed by atoms with Crippen LogP contribution in [0.2, 0.25) is 0 Å². The van der Waals surface area contributed by atoms with Crippen molar-refractivity contribution in [3.63, 3.8) is 0 Å². The molecule has 1 aromatic heterocycles. The molecular formula is C18H18BrF2N3O2S. The summed E-state index contributed by atoms with van der Waals surface area (Å²) in [5.74, 6) is -1.24. The van der Waals surface area contributed by atoms with Gasteiger partial charge in [0.1, 0.15) is 33.3 Å². The topological polar surface area (TPSA) is 62.3 Å². The van der Waals surface area contributed by atoms with Gasteiger partial charge in [-0.15, -0.1) is 0 Å². The van der Waals surface area contributed by atoms with E-state index in [0.29, 0.717) is 27.9 Å². The van der Waals surface area contributed by atoms with Crippen LogP contribution in [0, 0.1) is 11.6 Å². The maximum Gasteiger partial charge on any atom is 0.238 e. The lowest BCUT2D eigenvalue weighted by Gasteiger charge is -2.26. The number of nitrogens with zero attached hydrogens (tertiary/aromatic N) is 2. The lowest BCUT2D eigenvalue weighted by molar-refractivity contribution is -0.124. The maximum atomic E-state index is 13.8. The molecule has 0 radical (unpaired) electrons. The fourth-order valence-corrected chi connectivity index (χ4v) is 4.90. The lowest BCUT2D eigenvalue weighted by Crippen LogP contribution is -2.46. The Bertz CT molecular complexity index is 866. The van der Waals surface area contributed by atoms with Crippen molar-refractivity contribution < 1.29 is 17.8 Å². The molecular weight excluding hydrogens is 440 g/mol. The minimum Gasteiger partial charge on any atom is -0.351 e. The molecule has 0 bridgehead atoms. The highest BCUT2D eigenvalue weighted by Crippen LogP contribution is 2.29. The molecule has 3 atom stereocenters. The molecule has 2 heterocycles. The third kappa shape index (κ3) is 4.59. The van der Waals surface area contributed by atoms with Crippen molar-refractivity contribution >= 4 is 32.8 Å². The molecule has 1 aliphatic rings. The zero-order chi connectivity index (χ0) is 19.6. The summed E-state index contributed by atoms with van der Waals surface area (Å²) < 4.78 is 41.9. The van der Waals surface area contributed by atoms with Crippen LogP contribution in [0.1, 0.15) is 25.3 Å². The molecule has 1 amide bonds. The summed E-state index contributed by atoms with van der Waals surface area (Å²) in [6, 6.07) is 6.23. The van der Waals surface area contributed by atoms with Gasteiger partial charge < -0.3 is 5.32 Å². The normalized spacial score (nSPS) is 21.2. The quantitative estimate of drug-likeness (QED) is 0.700. The molecule has 1 N–H and O–H groups in total. The summed E-state index contributed by atoms with van der Waals surface area (Å²) in [6.07, 6.45) is 2.34.